The molecule has 1 unspecified atom stereocenters. The van der Waals surface area contributed by atoms with E-state index in [-0.39, 0.29) is 17.3 Å². The number of rotatable bonds is 14. The van der Waals surface area contributed by atoms with Crippen LogP contribution in [0.3, 0.4) is 0 Å². The van der Waals surface area contributed by atoms with E-state index in [0.29, 0.717) is 31.6 Å². The van der Waals surface area contributed by atoms with Crippen LogP contribution in [0, 0.1) is 11.8 Å². The Morgan fingerprint density at radius 2 is 1.71 bits per heavy atom. The number of carbonyl (C=O) groups is 3. The fraction of sp³-hybridized carbons (Fsp3) is 0.559. The lowest BCUT2D eigenvalue weighted by Gasteiger charge is -2.31. The number of carbonyl (C=O) groups excluding carboxylic acids is 3. The van der Waals surface area contributed by atoms with Crippen LogP contribution in [-0.2, 0) is 47.2 Å². The molecule has 3 N–H and O–H groups in total. The monoisotopic (exact) mass is 747 g/mol. The van der Waals surface area contributed by atoms with E-state index in [1.54, 1.807) is 58.0 Å². The van der Waals surface area contributed by atoms with E-state index >= 15 is 4.39 Å². The number of nitrogen functional groups attached to an aromatic ring is 1. The third kappa shape index (κ3) is 6.87. The van der Waals surface area contributed by atoms with Gasteiger partial charge in [0.25, 0.3) is 0 Å². The molecule has 52 heavy (non-hydrogen) atoms. The zero-order valence-corrected chi connectivity index (χ0v) is 30.3. The maximum Gasteiger partial charge on any atom is 0.459 e. The van der Waals surface area contributed by atoms with Gasteiger partial charge in [0.15, 0.2) is 23.6 Å². The molecule has 282 valence electrons. The number of hydrogen-bond donors (Lipinski definition) is 2. The first-order valence-corrected chi connectivity index (χ1v) is 18.6. The Morgan fingerprint density at radius 3 is 2.37 bits per heavy atom. The summed E-state index contributed by atoms with van der Waals surface area (Å²) in [5.41, 5.74) is 2.37. The standard InChI is InChI=1S/C34H43FN5O11P/c1-19(2)29(41)47-27-26(24-11-12-25-28(36)37-18-38-40(24)25)48-33(17-35)32(34(27,33)49-30(42)20(3)4)51-52(44,50-23-9-7-6-8-10-23)39-21(5)31(43)46-22-13-15-45-16-14-22/h6-12,18-22,26-27,32H,13-17H2,1-5H3,(H,39,44)(H2,36,37,38)/t21-,26-,27-,32?,33+,34+,52-/m0/s1. The summed E-state index contributed by atoms with van der Waals surface area (Å²) in [4.78, 5) is 43.9. The Hall–Kier alpha value is -4.15. The van der Waals surface area contributed by atoms with Crippen LogP contribution >= 0.6 is 7.75 Å². The SMILES string of the molecule is CC(C)C(=O)O[C@H]1[C@H](c2ccc3c(N)ncnn23)O[C@]2(CF)C(O[P@](=O)(N[C@@H](C)C(=O)OC3CCOCC3)Oc3ccccc3)[C@]12OC(=O)C(C)C. The average molecular weight is 748 g/mol. The number of halogens is 1. The fourth-order valence-corrected chi connectivity index (χ4v) is 8.12. The number of hydrogen-bond acceptors (Lipinski definition) is 14. The topological polar surface area (TPSA) is 201 Å². The molecule has 3 aliphatic rings. The summed E-state index contributed by atoms with van der Waals surface area (Å²) in [5, 5.41) is 6.87. The van der Waals surface area contributed by atoms with Gasteiger partial charge in [-0.3, -0.25) is 18.9 Å². The zero-order valence-electron chi connectivity index (χ0n) is 29.4. The number of esters is 3. The molecule has 0 bridgehead atoms. The minimum absolute atomic E-state index is 0.0789. The molecule has 3 fully saturated rings. The van der Waals surface area contributed by atoms with Gasteiger partial charge in [-0.05, 0) is 31.2 Å². The summed E-state index contributed by atoms with van der Waals surface area (Å²) in [7, 11) is -4.72. The number of alkyl halides is 1. The molecule has 18 heteroatoms. The lowest BCUT2D eigenvalue weighted by Crippen LogP contribution is -2.45. The predicted molar refractivity (Wildman–Crippen MR) is 180 cm³/mol. The second-order valence-corrected chi connectivity index (χ2v) is 15.3. The number of nitrogens with zero attached hydrogens (tertiary/aromatic N) is 3. The number of fused-ring (bicyclic) bond motifs is 2. The van der Waals surface area contributed by atoms with Crippen LogP contribution in [0.2, 0.25) is 0 Å². The molecular weight excluding hydrogens is 704 g/mol. The van der Waals surface area contributed by atoms with Gasteiger partial charge in [0.05, 0.1) is 30.7 Å². The van der Waals surface area contributed by atoms with Crippen molar-refractivity contribution in [1.29, 1.82) is 0 Å². The second kappa shape index (κ2) is 14.7. The number of aromatic nitrogens is 3. The summed E-state index contributed by atoms with van der Waals surface area (Å²) in [6, 6.07) is 9.88. The van der Waals surface area contributed by atoms with E-state index in [0.717, 1.165) is 0 Å². The summed E-state index contributed by atoms with van der Waals surface area (Å²) < 4.78 is 73.4. The predicted octanol–water partition coefficient (Wildman–Crippen LogP) is 3.88. The molecule has 1 aliphatic carbocycles. The highest BCUT2D eigenvalue weighted by Gasteiger charge is 2.94. The maximum atomic E-state index is 15.8. The third-order valence-corrected chi connectivity index (χ3v) is 10.9. The highest BCUT2D eigenvalue weighted by atomic mass is 31.2. The van der Waals surface area contributed by atoms with Crippen molar-refractivity contribution in [2.45, 2.75) is 89.1 Å². The van der Waals surface area contributed by atoms with Gasteiger partial charge in [-0.1, -0.05) is 45.9 Å². The number of nitrogens with one attached hydrogen (secondary N) is 1. The maximum absolute atomic E-state index is 15.8. The van der Waals surface area contributed by atoms with Crippen LogP contribution in [0.25, 0.3) is 5.52 Å². The van der Waals surface area contributed by atoms with E-state index in [1.807, 2.05) is 0 Å². The molecule has 3 aromatic rings. The molecule has 0 spiro atoms. The van der Waals surface area contributed by atoms with E-state index in [2.05, 4.69) is 15.2 Å². The summed E-state index contributed by atoms with van der Waals surface area (Å²) in [6.07, 6.45) is -2.75. The first-order chi connectivity index (χ1) is 24.7. The summed E-state index contributed by atoms with van der Waals surface area (Å²) in [6.45, 7) is 7.22. The normalized spacial score (nSPS) is 27.5. The Kier molecular flexibility index (Phi) is 10.6. The smallest absolute Gasteiger partial charge is 0.459 e. The van der Waals surface area contributed by atoms with Crippen LogP contribution in [-0.4, -0.2) is 88.0 Å². The van der Waals surface area contributed by atoms with Gasteiger partial charge in [0.1, 0.15) is 42.5 Å². The van der Waals surface area contributed by atoms with Gasteiger partial charge < -0.3 is 33.9 Å². The largest absolute Gasteiger partial charge is 0.461 e. The van der Waals surface area contributed by atoms with Gasteiger partial charge in [0, 0.05) is 12.8 Å². The molecule has 16 nitrogen and oxygen atoms in total. The summed E-state index contributed by atoms with van der Waals surface area (Å²) >= 11 is 0. The van der Waals surface area contributed by atoms with Crippen molar-refractivity contribution in [2.75, 3.05) is 25.6 Å². The van der Waals surface area contributed by atoms with Gasteiger partial charge in [-0.25, -0.2) is 18.5 Å². The molecule has 2 aliphatic heterocycles. The number of ether oxygens (including phenoxy) is 5. The van der Waals surface area contributed by atoms with Crippen molar-refractivity contribution >= 4 is 37.0 Å². The Bertz CT molecular complexity index is 1840. The number of anilines is 1. The van der Waals surface area contributed by atoms with Crippen molar-refractivity contribution in [2.24, 2.45) is 11.8 Å². The molecule has 1 saturated carbocycles. The molecule has 2 saturated heterocycles. The van der Waals surface area contributed by atoms with E-state index in [1.165, 1.54) is 29.9 Å². The second-order valence-electron chi connectivity index (χ2n) is 13.6. The van der Waals surface area contributed by atoms with Crippen LogP contribution in [0.15, 0.2) is 48.8 Å². The highest BCUT2D eigenvalue weighted by Crippen LogP contribution is 2.71. The third-order valence-electron chi connectivity index (χ3n) is 9.25. The molecule has 4 heterocycles. The van der Waals surface area contributed by atoms with Crippen molar-refractivity contribution in [3.05, 3.63) is 54.5 Å². The van der Waals surface area contributed by atoms with Gasteiger partial charge in [0.2, 0.25) is 5.60 Å². The van der Waals surface area contributed by atoms with Gasteiger partial charge >= 0.3 is 25.7 Å². The zero-order chi connectivity index (χ0) is 37.4. The molecule has 0 amide bonds. The van der Waals surface area contributed by atoms with Crippen LogP contribution in [0.1, 0.15) is 59.3 Å². The quantitative estimate of drug-likeness (QED) is 0.137. The Morgan fingerprint density at radius 1 is 1.02 bits per heavy atom. The van der Waals surface area contributed by atoms with Crippen molar-refractivity contribution in [1.82, 2.24) is 19.7 Å². The molecule has 0 radical (unpaired) electrons. The molecule has 7 atom stereocenters. The Labute approximate surface area is 299 Å². The van der Waals surface area contributed by atoms with Crippen LogP contribution in [0.5, 0.6) is 5.75 Å². The number of benzene rings is 1. The first-order valence-electron chi connectivity index (χ1n) is 17.1. The Balaban J connectivity index is 1.40. The van der Waals surface area contributed by atoms with E-state index in [4.69, 9.17) is 38.5 Å². The molecular formula is C34H43FN5O11P. The minimum Gasteiger partial charge on any atom is -0.461 e. The summed E-state index contributed by atoms with van der Waals surface area (Å²) in [5.74, 6) is -3.46. The molecule has 1 aromatic carbocycles. The number of nitrogens with two attached hydrogens (primary N) is 1. The van der Waals surface area contributed by atoms with Gasteiger partial charge in [-0.2, -0.15) is 10.2 Å². The minimum atomic E-state index is -4.72. The lowest BCUT2D eigenvalue weighted by atomic mass is 10.0. The van der Waals surface area contributed by atoms with Crippen molar-refractivity contribution in [3.63, 3.8) is 0 Å². The lowest BCUT2D eigenvalue weighted by molar-refractivity contribution is -0.181. The average Bonchev–Trinajstić information content (AvgIpc) is 3.35. The van der Waals surface area contributed by atoms with Crippen LogP contribution in [0.4, 0.5) is 10.2 Å². The molecule has 6 rings (SSSR count). The number of para-hydroxylation sites is 1. The fourth-order valence-electron chi connectivity index (χ4n) is 6.38. The van der Waals surface area contributed by atoms with Gasteiger partial charge in [-0.15, -0.1) is 0 Å². The first kappa shape index (κ1) is 37.6. The van der Waals surface area contributed by atoms with E-state index in [9.17, 15) is 18.9 Å². The van der Waals surface area contributed by atoms with E-state index < -0.39 is 85.8 Å². The van der Waals surface area contributed by atoms with Crippen molar-refractivity contribution in [3.8, 4) is 5.75 Å². The highest BCUT2D eigenvalue weighted by molar-refractivity contribution is 7.52. The van der Waals surface area contributed by atoms with Crippen LogP contribution < -0.4 is 15.3 Å². The van der Waals surface area contributed by atoms with Crippen molar-refractivity contribution < 1.29 is 56.1 Å². The molecule has 2 aromatic heterocycles.